The third-order valence-corrected chi connectivity index (χ3v) is 6.83. The first-order valence-corrected chi connectivity index (χ1v) is 9.27. The van der Waals surface area contributed by atoms with E-state index in [-0.39, 0.29) is 29.2 Å². The molecule has 1 saturated carbocycles. The van der Waals surface area contributed by atoms with Crippen LogP contribution in [0.5, 0.6) is 0 Å². The number of halogens is 1. The fourth-order valence-electron chi connectivity index (χ4n) is 3.23. The Kier molecular flexibility index (Phi) is 5.59. The normalized spacial score (nSPS) is 22.7. The Bertz CT molecular complexity index is 701. The lowest BCUT2D eigenvalue weighted by molar-refractivity contribution is -0.143. The Hall–Kier alpha value is -1.15. The summed E-state index contributed by atoms with van der Waals surface area (Å²) in [4.78, 5) is 12.2. The lowest BCUT2D eigenvalue weighted by atomic mass is 9.96. The van der Waals surface area contributed by atoms with Crippen LogP contribution in [0, 0.1) is 5.92 Å². The predicted octanol–water partition coefficient (Wildman–Crippen LogP) is 1.28. The molecular formula is C16H23ClN2O4S. The highest BCUT2D eigenvalue weighted by Gasteiger charge is 2.52. The van der Waals surface area contributed by atoms with Gasteiger partial charge >= 0.3 is 5.97 Å². The number of esters is 1. The van der Waals surface area contributed by atoms with Crippen molar-refractivity contribution in [1.82, 2.24) is 4.31 Å². The Morgan fingerprint density at radius 1 is 1.33 bits per heavy atom. The fourth-order valence-corrected chi connectivity index (χ4v) is 4.76. The maximum atomic E-state index is 12.7. The second-order valence-electron chi connectivity index (χ2n) is 6.35. The average Bonchev–Trinajstić information content (AvgIpc) is 3.23. The summed E-state index contributed by atoms with van der Waals surface area (Å²) in [5.74, 6) is -0.0171. The molecule has 0 amide bonds. The van der Waals surface area contributed by atoms with Crippen LogP contribution in [0.15, 0.2) is 29.2 Å². The van der Waals surface area contributed by atoms with Crippen LogP contribution in [0.4, 0.5) is 0 Å². The molecule has 1 heterocycles. The summed E-state index contributed by atoms with van der Waals surface area (Å²) in [7, 11) is -2.11. The minimum Gasteiger partial charge on any atom is -0.468 e. The Morgan fingerprint density at radius 2 is 1.96 bits per heavy atom. The van der Waals surface area contributed by atoms with Gasteiger partial charge < -0.3 is 10.5 Å². The molecule has 1 aromatic rings. The molecule has 134 valence electrons. The van der Waals surface area contributed by atoms with E-state index in [1.807, 2.05) is 0 Å². The summed E-state index contributed by atoms with van der Waals surface area (Å²) in [6.07, 6.45) is 2.30. The summed E-state index contributed by atoms with van der Waals surface area (Å²) < 4.78 is 31.7. The van der Waals surface area contributed by atoms with Crippen LogP contribution in [0.1, 0.15) is 24.8 Å². The lowest BCUT2D eigenvalue weighted by Gasteiger charge is -2.18. The van der Waals surface area contributed by atoms with Gasteiger partial charge in [-0.15, -0.1) is 12.4 Å². The lowest BCUT2D eigenvalue weighted by Crippen LogP contribution is -2.30. The van der Waals surface area contributed by atoms with E-state index in [0.29, 0.717) is 19.6 Å². The van der Waals surface area contributed by atoms with E-state index in [9.17, 15) is 13.2 Å². The Morgan fingerprint density at radius 3 is 2.42 bits per heavy atom. The highest BCUT2D eigenvalue weighted by Crippen LogP contribution is 2.49. The van der Waals surface area contributed by atoms with Gasteiger partial charge in [-0.2, -0.15) is 4.31 Å². The van der Waals surface area contributed by atoms with E-state index >= 15 is 0 Å². The van der Waals surface area contributed by atoms with Gasteiger partial charge in [0.15, 0.2) is 0 Å². The zero-order valence-electron chi connectivity index (χ0n) is 13.6. The molecule has 1 aliphatic carbocycles. The topological polar surface area (TPSA) is 89.7 Å². The fraction of sp³-hybridized carbons (Fsp3) is 0.562. The number of sulfonamides is 1. The molecule has 24 heavy (non-hydrogen) atoms. The molecule has 3 rings (SSSR count). The summed E-state index contributed by atoms with van der Waals surface area (Å²) in [5.41, 5.74) is 5.88. The molecule has 1 saturated heterocycles. The van der Waals surface area contributed by atoms with E-state index in [1.165, 1.54) is 11.4 Å². The van der Waals surface area contributed by atoms with Crippen molar-refractivity contribution in [2.75, 3.05) is 26.7 Å². The number of carbonyl (C=O) groups excluding carboxylic acids is 1. The van der Waals surface area contributed by atoms with Crippen LogP contribution in [0.25, 0.3) is 0 Å². The van der Waals surface area contributed by atoms with Gasteiger partial charge in [0.25, 0.3) is 0 Å². The third kappa shape index (κ3) is 3.18. The number of nitrogens with two attached hydrogens (primary N) is 1. The van der Waals surface area contributed by atoms with Crippen LogP contribution in [-0.2, 0) is 25.0 Å². The van der Waals surface area contributed by atoms with Gasteiger partial charge in [-0.3, -0.25) is 4.79 Å². The number of hydrogen-bond donors (Lipinski definition) is 1. The van der Waals surface area contributed by atoms with Crippen molar-refractivity contribution in [1.29, 1.82) is 0 Å². The maximum absolute atomic E-state index is 12.7. The monoisotopic (exact) mass is 374 g/mol. The van der Waals surface area contributed by atoms with Gasteiger partial charge in [0, 0.05) is 13.1 Å². The highest BCUT2D eigenvalue weighted by atomic mass is 35.5. The largest absolute Gasteiger partial charge is 0.468 e. The molecule has 2 aliphatic rings. The summed E-state index contributed by atoms with van der Waals surface area (Å²) in [5, 5.41) is 0. The van der Waals surface area contributed by atoms with E-state index in [0.717, 1.165) is 24.8 Å². The van der Waals surface area contributed by atoms with Crippen molar-refractivity contribution in [3.63, 3.8) is 0 Å². The smallest absolute Gasteiger partial charge is 0.316 e. The number of rotatable bonds is 5. The van der Waals surface area contributed by atoms with E-state index < -0.39 is 15.4 Å². The van der Waals surface area contributed by atoms with Crippen LogP contribution >= 0.6 is 12.4 Å². The van der Waals surface area contributed by atoms with E-state index in [1.54, 1.807) is 24.3 Å². The molecule has 8 heteroatoms. The van der Waals surface area contributed by atoms with Crippen molar-refractivity contribution in [3.8, 4) is 0 Å². The molecule has 0 radical (unpaired) electrons. The Labute approximate surface area is 148 Å². The van der Waals surface area contributed by atoms with Gasteiger partial charge in [0.05, 0.1) is 17.4 Å². The number of carbonyl (C=O) groups is 1. The second kappa shape index (κ2) is 7.00. The SMILES string of the molecule is COC(=O)C1(c2ccc(S(=O)(=O)N3CCC(CN)C3)cc2)CC1.Cl. The maximum Gasteiger partial charge on any atom is 0.316 e. The first-order valence-electron chi connectivity index (χ1n) is 7.83. The minimum absolute atomic E-state index is 0. The van der Waals surface area contributed by atoms with Gasteiger partial charge in [0.2, 0.25) is 10.0 Å². The molecule has 2 fully saturated rings. The molecule has 1 unspecified atom stereocenters. The molecule has 0 bridgehead atoms. The number of benzene rings is 1. The van der Waals surface area contributed by atoms with E-state index in [2.05, 4.69) is 0 Å². The average molecular weight is 375 g/mol. The number of hydrogen-bond acceptors (Lipinski definition) is 5. The minimum atomic E-state index is -3.49. The Balaban J connectivity index is 0.00000208. The van der Waals surface area contributed by atoms with Crippen LogP contribution in [0.3, 0.4) is 0 Å². The first kappa shape index (κ1) is 19.2. The molecule has 1 aliphatic heterocycles. The summed E-state index contributed by atoms with van der Waals surface area (Å²) >= 11 is 0. The first-order chi connectivity index (χ1) is 10.9. The quantitative estimate of drug-likeness (QED) is 0.784. The number of ether oxygens (including phenoxy) is 1. The number of nitrogens with zero attached hydrogens (tertiary/aromatic N) is 1. The van der Waals surface area contributed by atoms with Crippen molar-refractivity contribution in [2.45, 2.75) is 29.6 Å². The molecular weight excluding hydrogens is 352 g/mol. The standard InChI is InChI=1S/C16H22N2O4S.ClH/c1-22-15(19)16(7-8-16)13-2-4-14(5-3-13)23(20,21)18-9-6-12(10-17)11-18;/h2-5,12H,6-11,17H2,1H3;1H. The van der Waals surface area contributed by atoms with Crippen LogP contribution in [0.2, 0.25) is 0 Å². The molecule has 0 spiro atoms. The van der Waals surface area contributed by atoms with Crippen molar-refractivity contribution < 1.29 is 17.9 Å². The van der Waals surface area contributed by atoms with Gasteiger partial charge in [-0.25, -0.2) is 8.42 Å². The molecule has 6 nitrogen and oxygen atoms in total. The third-order valence-electron chi connectivity index (χ3n) is 4.95. The summed E-state index contributed by atoms with van der Waals surface area (Å²) in [6, 6.07) is 6.63. The van der Waals surface area contributed by atoms with Crippen molar-refractivity contribution >= 4 is 28.4 Å². The zero-order chi connectivity index (χ0) is 16.7. The van der Waals surface area contributed by atoms with Crippen molar-refractivity contribution in [2.24, 2.45) is 11.7 Å². The molecule has 2 N–H and O–H groups in total. The highest BCUT2D eigenvalue weighted by molar-refractivity contribution is 7.89. The number of methoxy groups -OCH3 is 1. The van der Waals surface area contributed by atoms with E-state index in [4.69, 9.17) is 10.5 Å². The summed E-state index contributed by atoms with van der Waals surface area (Å²) in [6.45, 7) is 1.50. The molecule has 1 atom stereocenters. The molecule has 0 aromatic heterocycles. The van der Waals surface area contributed by atoms with Crippen LogP contribution in [-0.4, -0.2) is 45.4 Å². The van der Waals surface area contributed by atoms with Gasteiger partial charge in [-0.1, -0.05) is 12.1 Å². The zero-order valence-corrected chi connectivity index (χ0v) is 15.2. The van der Waals surface area contributed by atoms with Gasteiger partial charge in [-0.05, 0) is 49.4 Å². The second-order valence-corrected chi connectivity index (χ2v) is 8.29. The predicted molar refractivity (Wildman–Crippen MR) is 92.5 cm³/mol. The molecule has 1 aromatic carbocycles. The van der Waals surface area contributed by atoms with Crippen LogP contribution < -0.4 is 5.73 Å². The van der Waals surface area contributed by atoms with Crippen molar-refractivity contribution in [3.05, 3.63) is 29.8 Å². The van der Waals surface area contributed by atoms with Gasteiger partial charge in [0.1, 0.15) is 0 Å².